The molecule has 1 fully saturated rings. The molecule has 2 aromatic heterocycles. The number of furan rings is 1. The Balaban J connectivity index is 1.50. The van der Waals surface area contributed by atoms with E-state index in [1.165, 1.54) is 0 Å². The van der Waals surface area contributed by atoms with E-state index >= 15 is 0 Å². The van der Waals surface area contributed by atoms with Gasteiger partial charge in [0, 0.05) is 25.0 Å². The van der Waals surface area contributed by atoms with Gasteiger partial charge in [-0.2, -0.15) is 5.10 Å². The average Bonchev–Trinajstić information content (AvgIpc) is 3.25. The van der Waals surface area contributed by atoms with E-state index in [0.717, 1.165) is 16.9 Å². The molecule has 2 amide bonds. The first-order valence-corrected chi connectivity index (χ1v) is 8.14. The third-order valence-electron chi connectivity index (χ3n) is 4.41. The molecule has 1 aliphatic rings. The molecule has 0 saturated carbocycles. The van der Waals surface area contributed by atoms with Gasteiger partial charge in [0.2, 0.25) is 0 Å². The maximum absolute atomic E-state index is 12.6. The van der Waals surface area contributed by atoms with Crippen molar-refractivity contribution in [2.45, 2.75) is 19.4 Å². The first-order chi connectivity index (χ1) is 12.0. The fourth-order valence-corrected chi connectivity index (χ4v) is 3.21. The van der Waals surface area contributed by atoms with Gasteiger partial charge in [-0.3, -0.25) is 19.2 Å². The molecule has 1 N–H and O–H groups in total. The van der Waals surface area contributed by atoms with Gasteiger partial charge in [0.25, 0.3) is 11.8 Å². The highest BCUT2D eigenvalue weighted by molar-refractivity contribution is 6.03. The summed E-state index contributed by atoms with van der Waals surface area (Å²) in [6.45, 7) is 2.42. The summed E-state index contributed by atoms with van der Waals surface area (Å²) in [5.74, 6) is 0.442. The van der Waals surface area contributed by atoms with Gasteiger partial charge in [0.05, 0.1) is 5.69 Å². The zero-order valence-corrected chi connectivity index (χ0v) is 14.0. The lowest BCUT2D eigenvalue weighted by atomic mass is 10.2. The molecule has 3 aromatic rings. The van der Waals surface area contributed by atoms with E-state index in [4.69, 9.17) is 4.42 Å². The zero-order chi connectivity index (χ0) is 17.6. The molecule has 1 saturated heterocycles. The minimum Gasteiger partial charge on any atom is -0.451 e. The van der Waals surface area contributed by atoms with Crippen molar-refractivity contribution in [3.63, 3.8) is 0 Å². The lowest BCUT2D eigenvalue weighted by molar-refractivity contribution is -0.118. The molecule has 0 radical (unpaired) electrons. The molecule has 1 aliphatic heterocycles. The minimum atomic E-state index is -0.559. The van der Waals surface area contributed by atoms with Crippen molar-refractivity contribution >= 4 is 28.6 Å². The number of benzene rings is 1. The first kappa shape index (κ1) is 15.4. The maximum atomic E-state index is 12.6. The molecule has 0 spiro atoms. The van der Waals surface area contributed by atoms with Crippen molar-refractivity contribution < 1.29 is 14.0 Å². The number of nitrogens with one attached hydrogen (secondary N) is 1. The van der Waals surface area contributed by atoms with E-state index in [1.807, 2.05) is 31.2 Å². The summed E-state index contributed by atoms with van der Waals surface area (Å²) in [7, 11) is 1.80. The van der Waals surface area contributed by atoms with Gasteiger partial charge in [0.1, 0.15) is 17.4 Å². The van der Waals surface area contributed by atoms with Crippen LogP contribution in [0.1, 0.15) is 22.7 Å². The molecule has 25 heavy (non-hydrogen) atoms. The monoisotopic (exact) mass is 338 g/mol. The number of carbonyl (C=O) groups excluding carboxylic acids is 2. The van der Waals surface area contributed by atoms with Gasteiger partial charge in [-0.05, 0) is 25.5 Å². The van der Waals surface area contributed by atoms with Crippen LogP contribution >= 0.6 is 0 Å². The number of nitrogens with zero attached hydrogens (tertiary/aromatic N) is 3. The predicted molar refractivity (Wildman–Crippen MR) is 92.4 cm³/mol. The number of aryl methyl sites for hydroxylation is 2. The largest absolute Gasteiger partial charge is 0.451 e. The minimum absolute atomic E-state index is 0.132. The zero-order valence-electron chi connectivity index (χ0n) is 14.0. The first-order valence-electron chi connectivity index (χ1n) is 8.14. The molecule has 3 heterocycles. The number of rotatable bonds is 3. The van der Waals surface area contributed by atoms with Gasteiger partial charge in [-0.1, -0.05) is 18.2 Å². The van der Waals surface area contributed by atoms with Crippen LogP contribution in [0.2, 0.25) is 0 Å². The maximum Gasteiger partial charge on any atom is 0.287 e. The number of hydrogen-bond donors (Lipinski definition) is 1. The van der Waals surface area contributed by atoms with Crippen molar-refractivity contribution in [3.8, 4) is 0 Å². The third-order valence-corrected chi connectivity index (χ3v) is 4.41. The summed E-state index contributed by atoms with van der Waals surface area (Å²) in [6, 6.07) is 10.4. The second-order valence-electron chi connectivity index (χ2n) is 6.22. The van der Waals surface area contributed by atoms with E-state index < -0.39 is 6.04 Å². The fraction of sp³-hybridized carbons (Fsp3) is 0.278. The standard InChI is InChI=1S/C18H18N4O3/c1-11-9-16(21(2)20-11)22-8-7-13(18(22)24)19-17(23)15-10-12-5-3-4-6-14(12)25-15/h3-6,9-10,13H,7-8H2,1-2H3,(H,19,23)/t13-/m1/s1. The molecular weight excluding hydrogens is 320 g/mol. The molecule has 7 heteroatoms. The Hall–Kier alpha value is -3.09. The summed E-state index contributed by atoms with van der Waals surface area (Å²) in [6.07, 6.45) is 0.551. The molecule has 1 atom stereocenters. The molecule has 0 aliphatic carbocycles. The van der Waals surface area contributed by atoms with E-state index in [9.17, 15) is 9.59 Å². The van der Waals surface area contributed by atoms with Gasteiger partial charge in [0.15, 0.2) is 5.76 Å². The van der Waals surface area contributed by atoms with Crippen LogP contribution in [0.4, 0.5) is 5.82 Å². The highest BCUT2D eigenvalue weighted by Crippen LogP contribution is 2.23. The number of para-hydroxylation sites is 1. The SMILES string of the molecule is Cc1cc(N2CC[C@@H](NC(=O)c3cc4ccccc4o3)C2=O)n(C)n1. The summed E-state index contributed by atoms with van der Waals surface area (Å²) in [4.78, 5) is 26.7. The van der Waals surface area contributed by atoms with Crippen LogP contribution in [-0.2, 0) is 11.8 Å². The Morgan fingerprint density at radius 1 is 1.32 bits per heavy atom. The van der Waals surface area contributed by atoms with E-state index in [2.05, 4.69) is 10.4 Å². The van der Waals surface area contributed by atoms with Crippen LogP contribution in [0.15, 0.2) is 40.8 Å². The van der Waals surface area contributed by atoms with Gasteiger partial charge in [-0.25, -0.2) is 0 Å². The van der Waals surface area contributed by atoms with Crippen LogP contribution < -0.4 is 10.2 Å². The molecule has 0 bridgehead atoms. The van der Waals surface area contributed by atoms with Crippen molar-refractivity contribution in [1.29, 1.82) is 0 Å². The van der Waals surface area contributed by atoms with Gasteiger partial charge >= 0.3 is 0 Å². The van der Waals surface area contributed by atoms with E-state index in [1.54, 1.807) is 28.8 Å². The second-order valence-corrected chi connectivity index (χ2v) is 6.22. The normalized spacial score (nSPS) is 17.4. The summed E-state index contributed by atoms with van der Waals surface area (Å²) >= 11 is 0. The molecule has 4 rings (SSSR count). The van der Waals surface area contributed by atoms with Crippen LogP contribution in [0, 0.1) is 6.92 Å². The van der Waals surface area contributed by atoms with Crippen molar-refractivity contribution in [2.24, 2.45) is 7.05 Å². The predicted octanol–water partition coefficient (Wildman–Crippen LogP) is 2.01. The van der Waals surface area contributed by atoms with Crippen molar-refractivity contribution in [1.82, 2.24) is 15.1 Å². The van der Waals surface area contributed by atoms with Crippen LogP contribution in [0.3, 0.4) is 0 Å². The number of carbonyl (C=O) groups is 2. The molecular formula is C18H18N4O3. The van der Waals surface area contributed by atoms with E-state index in [-0.39, 0.29) is 17.6 Å². The lowest BCUT2D eigenvalue weighted by Gasteiger charge is -2.16. The number of anilines is 1. The Kier molecular flexibility index (Phi) is 3.56. The smallest absolute Gasteiger partial charge is 0.287 e. The fourth-order valence-electron chi connectivity index (χ4n) is 3.21. The highest BCUT2D eigenvalue weighted by Gasteiger charge is 2.35. The Labute approximate surface area is 144 Å². The Morgan fingerprint density at radius 3 is 2.84 bits per heavy atom. The lowest BCUT2D eigenvalue weighted by Crippen LogP contribution is -2.41. The topological polar surface area (TPSA) is 80.4 Å². The summed E-state index contributed by atoms with van der Waals surface area (Å²) in [5.41, 5.74) is 1.50. The quantitative estimate of drug-likeness (QED) is 0.792. The summed E-state index contributed by atoms with van der Waals surface area (Å²) < 4.78 is 7.24. The van der Waals surface area contributed by atoms with Crippen LogP contribution in [-0.4, -0.2) is 34.2 Å². The highest BCUT2D eigenvalue weighted by atomic mass is 16.3. The van der Waals surface area contributed by atoms with Gasteiger partial charge in [-0.15, -0.1) is 0 Å². The average molecular weight is 338 g/mol. The Bertz CT molecular complexity index is 939. The molecule has 128 valence electrons. The number of fused-ring (bicyclic) bond motifs is 1. The number of aromatic nitrogens is 2. The van der Waals surface area contributed by atoms with Crippen molar-refractivity contribution in [3.05, 3.63) is 47.9 Å². The van der Waals surface area contributed by atoms with Crippen LogP contribution in [0.5, 0.6) is 0 Å². The number of amides is 2. The van der Waals surface area contributed by atoms with Gasteiger partial charge < -0.3 is 9.73 Å². The second kappa shape index (κ2) is 5.77. The van der Waals surface area contributed by atoms with Crippen LogP contribution in [0.25, 0.3) is 11.0 Å². The van der Waals surface area contributed by atoms with Crippen molar-refractivity contribution in [2.75, 3.05) is 11.4 Å². The van der Waals surface area contributed by atoms with E-state index in [0.29, 0.717) is 18.5 Å². The molecule has 7 nitrogen and oxygen atoms in total. The summed E-state index contributed by atoms with van der Waals surface area (Å²) in [5, 5.41) is 7.91. The third kappa shape index (κ3) is 2.67. The molecule has 1 aromatic carbocycles. The molecule has 0 unspecified atom stereocenters. The number of hydrogen-bond acceptors (Lipinski definition) is 4. The Morgan fingerprint density at radius 2 is 2.12 bits per heavy atom.